The Kier molecular flexibility index (Phi) is 2.38. The summed E-state index contributed by atoms with van der Waals surface area (Å²) >= 11 is 0. The van der Waals surface area contributed by atoms with Crippen LogP contribution < -0.4 is 0 Å². The number of rotatable bonds is 2. The van der Waals surface area contributed by atoms with Crippen molar-refractivity contribution >= 4 is 0 Å². The van der Waals surface area contributed by atoms with Gasteiger partial charge in [-0.05, 0) is 24.0 Å². The first kappa shape index (κ1) is 8.38. The van der Waals surface area contributed by atoms with Crippen LogP contribution in [0.2, 0.25) is 0 Å². The van der Waals surface area contributed by atoms with Crippen molar-refractivity contribution in [2.24, 2.45) is 0 Å². The molecule has 1 aromatic rings. The highest BCUT2D eigenvalue weighted by Gasteiger charge is 2.11. The molecule has 0 atom stereocenters. The van der Waals surface area contributed by atoms with E-state index in [0.717, 1.165) is 12.2 Å². The van der Waals surface area contributed by atoms with Crippen LogP contribution in [0.3, 0.4) is 0 Å². The van der Waals surface area contributed by atoms with Crippen molar-refractivity contribution < 1.29 is 4.42 Å². The molecule has 0 aliphatic carbocycles. The number of hydrogen-bond acceptors (Lipinski definition) is 1. The molecule has 62 valence electrons. The van der Waals surface area contributed by atoms with Gasteiger partial charge in [0.2, 0.25) is 0 Å². The van der Waals surface area contributed by atoms with Crippen molar-refractivity contribution in [3.8, 4) is 0 Å². The molecule has 11 heavy (non-hydrogen) atoms. The van der Waals surface area contributed by atoms with Gasteiger partial charge >= 0.3 is 0 Å². The molecule has 0 saturated carbocycles. The Balaban J connectivity index is 3.07. The van der Waals surface area contributed by atoms with Crippen LogP contribution in [0.1, 0.15) is 43.6 Å². The van der Waals surface area contributed by atoms with E-state index in [2.05, 4.69) is 27.7 Å². The Morgan fingerprint density at radius 1 is 1.45 bits per heavy atom. The summed E-state index contributed by atoms with van der Waals surface area (Å²) in [7, 11) is 0. The third-order valence-electron chi connectivity index (χ3n) is 2.00. The minimum atomic E-state index is 0.587. The van der Waals surface area contributed by atoms with E-state index in [9.17, 15) is 0 Å². The molecule has 0 aliphatic rings. The number of furan rings is 1. The highest BCUT2D eigenvalue weighted by atomic mass is 16.3. The summed E-state index contributed by atoms with van der Waals surface area (Å²) in [6.45, 7) is 8.65. The lowest BCUT2D eigenvalue weighted by Crippen LogP contribution is -1.92. The first-order chi connectivity index (χ1) is 5.16. The van der Waals surface area contributed by atoms with Crippen LogP contribution in [0.25, 0.3) is 0 Å². The van der Waals surface area contributed by atoms with E-state index >= 15 is 0 Å². The maximum absolute atomic E-state index is 5.41. The largest absolute Gasteiger partial charge is 0.469 e. The minimum absolute atomic E-state index is 0.587. The standard InChI is InChI=1S/C10H16O/c1-5-9-10(7(2)3)8(4)6-11-9/h6-7H,5H2,1-4H3. The van der Waals surface area contributed by atoms with E-state index in [4.69, 9.17) is 4.42 Å². The molecular formula is C10H16O. The molecule has 1 heteroatoms. The summed E-state index contributed by atoms with van der Waals surface area (Å²) < 4.78 is 5.41. The van der Waals surface area contributed by atoms with Gasteiger partial charge in [-0.1, -0.05) is 20.8 Å². The second-order valence-electron chi connectivity index (χ2n) is 3.26. The van der Waals surface area contributed by atoms with Crippen LogP contribution >= 0.6 is 0 Å². The summed E-state index contributed by atoms with van der Waals surface area (Å²) in [6.07, 6.45) is 2.86. The minimum Gasteiger partial charge on any atom is -0.469 e. The van der Waals surface area contributed by atoms with Gasteiger partial charge in [0.25, 0.3) is 0 Å². The van der Waals surface area contributed by atoms with Crippen molar-refractivity contribution in [2.45, 2.75) is 40.0 Å². The van der Waals surface area contributed by atoms with Crippen LogP contribution in [-0.2, 0) is 6.42 Å². The van der Waals surface area contributed by atoms with Crippen molar-refractivity contribution in [3.05, 3.63) is 23.2 Å². The monoisotopic (exact) mass is 152 g/mol. The topological polar surface area (TPSA) is 13.1 Å². The van der Waals surface area contributed by atoms with Crippen LogP contribution in [0, 0.1) is 6.92 Å². The van der Waals surface area contributed by atoms with E-state index in [1.54, 1.807) is 0 Å². The molecule has 0 aliphatic heterocycles. The highest BCUT2D eigenvalue weighted by molar-refractivity contribution is 5.29. The fourth-order valence-electron chi connectivity index (χ4n) is 1.56. The SMILES string of the molecule is CCc1occ(C)c1C(C)C. The van der Waals surface area contributed by atoms with Crippen LogP contribution in [0.15, 0.2) is 10.7 Å². The molecule has 1 rings (SSSR count). The second kappa shape index (κ2) is 3.12. The zero-order valence-electron chi connectivity index (χ0n) is 7.77. The average molecular weight is 152 g/mol. The van der Waals surface area contributed by atoms with Gasteiger partial charge in [-0.2, -0.15) is 0 Å². The average Bonchev–Trinajstić information content (AvgIpc) is 2.30. The van der Waals surface area contributed by atoms with Gasteiger partial charge in [-0.15, -0.1) is 0 Å². The summed E-state index contributed by atoms with van der Waals surface area (Å²) in [5.74, 6) is 1.74. The van der Waals surface area contributed by atoms with Crippen molar-refractivity contribution in [2.75, 3.05) is 0 Å². The van der Waals surface area contributed by atoms with Gasteiger partial charge < -0.3 is 4.42 Å². The summed E-state index contributed by atoms with van der Waals surface area (Å²) in [5, 5.41) is 0. The summed E-state index contributed by atoms with van der Waals surface area (Å²) in [5.41, 5.74) is 2.68. The molecule has 0 radical (unpaired) electrons. The van der Waals surface area contributed by atoms with E-state index in [-0.39, 0.29) is 0 Å². The molecule has 0 saturated heterocycles. The summed E-state index contributed by atoms with van der Waals surface area (Å²) in [4.78, 5) is 0. The molecule has 0 amide bonds. The maximum Gasteiger partial charge on any atom is 0.107 e. The van der Waals surface area contributed by atoms with Crippen LogP contribution in [-0.4, -0.2) is 0 Å². The quantitative estimate of drug-likeness (QED) is 0.634. The Morgan fingerprint density at radius 2 is 2.09 bits per heavy atom. The molecule has 0 bridgehead atoms. The predicted molar refractivity (Wildman–Crippen MR) is 46.9 cm³/mol. The number of hydrogen-bond donors (Lipinski definition) is 0. The molecule has 1 aromatic heterocycles. The Labute approximate surface area is 68.4 Å². The molecule has 0 unspecified atom stereocenters. The maximum atomic E-state index is 5.41. The number of aryl methyl sites for hydroxylation is 2. The first-order valence-corrected chi connectivity index (χ1v) is 4.23. The normalized spacial score (nSPS) is 11.0. The van der Waals surface area contributed by atoms with Gasteiger partial charge in [0.1, 0.15) is 5.76 Å². The van der Waals surface area contributed by atoms with E-state index in [1.165, 1.54) is 11.1 Å². The molecular weight excluding hydrogens is 136 g/mol. The predicted octanol–water partition coefficient (Wildman–Crippen LogP) is 3.27. The molecule has 0 N–H and O–H groups in total. The van der Waals surface area contributed by atoms with Crippen LogP contribution in [0.4, 0.5) is 0 Å². The lowest BCUT2D eigenvalue weighted by molar-refractivity contribution is 0.508. The van der Waals surface area contributed by atoms with Gasteiger partial charge in [0.15, 0.2) is 0 Å². The van der Waals surface area contributed by atoms with Gasteiger partial charge in [-0.25, -0.2) is 0 Å². The molecule has 1 nitrogen and oxygen atoms in total. The van der Waals surface area contributed by atoms with Crippen molar-refractivity contribution in [1.82, 2.24) is 0 Å². The molecule has 0 spiro atoms. The third kappa shape index (κ3) is 1.47. The zero-order chi connectivity index (χ0) is 8.43. The van der Waals surface area contributed by atoms with Crippen LogP contribution in [0.5, 0.6) is 0 Å². The fraction of sp³-hybridized carbons (Fsp3) is 0.600. The molecule has 1 heterocycles. The van der Waals surface area contributed by atoms with Gasteiger partial charge in [0.05, 0.1) is 6.26 Å². The first-order valence-electron chi connectivity index (χ1n) is 4.23. The van der Waals surface area contributed by atoms with Gasteiger partial charge in [0, 0.05) is 6.42 Å². The molecule has 0 aromatic carbocycles. The Morgan fingerprint density at radius 3 is 2.45 bits per heavy atom. The smallest absolute Gasteiger partial charge is 0.107 e. The van der Waals surface area contributed by atoms with E-state index in [1.807, 2.05) is 6.26 Å². The molecule has 0 fully saturated rings. The second-order valence-corrected chi connectivity index (χ2v) is 3.26. The van der Waals surface area contributed by atoms with Crippen molar-refractivity contribution in [1.29, 1.82) is 0 Å². The lowest BCUT2D eigenvalue weighted by atomic mass is 9.99. The Hall–Kier alpha value is -0.720. The van der Waals surface area contributed by atoms with E-state index in [0.29, 0.717) is 5.92 Å². The van der Waals surface area contributed by atoms with Gasteiger partial charge in [-0.3, -0.25) is 0 Å². The van der Waals surface area contributed by atoms with E-state index < -0.39 is 0 Å². The third-order valence-corrected chi connectivity index (χ3v) is 2.00. The zero-order valence-corrected chi connectivity index (χ0v) is 7.77. The Bertz CT molecular complexity index is 233. The fourth-order valence-corrected chi connectivity index (χ4v) is 1.56. The summed E-state index contributed by atoms with van der Waals surface area (Å²) in [6, 6.07) is 0. The highest BCUT2D eigenvalue weighted by Crippen LogP contribution is 2.25. The van der Waals surface area contributed by atoms with Crippen molar-refractivity contribution in [3.63, 3.8) is 0 Å². The lowest BCUT2D eigenvalue weighted by Gasteiger charge is -2.04.